The van der Waals surface area contributed by atoms with Gasteiger partial charge in [-0.15, -0.1) is 11.3 Å². The number of hydrogen-bond acceptors (Lipinski definition) is 5. The maximum atomic E-state index is 13.0. The predicted molar refractivity (Wildman–Crippen MR) is 93.0 cm³/mol. The third kappa shape index (κ3) is 2.85. The van der Waals surface area contributed by atoms with Crippen LogP contribution in [0.2, 0.25) is 0 Å². The van der Waals surface area contributed by atoms with E-state index in [-0.39, 0.29) is 5.82 Å². The molecule has 0 aliphatic rings. The van der Waals surface area contributed by atoms with Crippen LogP contribution in [0.4, 0.5) is 10.2 Å². The Bertz CT molecular complexity index is 976. The number of hydrogen-bond donors (Lipinski definition) is 1. The standard InChI is InChI=1S/C17H14FN5S/c1-11-9-14-15(19-10-12-3-5-13(18)6-4-12)21-17(22-16(14)24-11)23-8-2-7-20-23/h2-9H,10H2,1H3,(H,19,21,22). The van der Waals surface area contributed by atoms with Crippen molar-refractivity contribution in [3.63, 3.8) is 0 Å². The molecule has 24 heavy (non-hydrogen) atoms. The van der Waals surface area contributed by atoms with Crippen molar-refractivity contribution in [1.29, 1.82) is 0 Å². The van der Waals surface area contributed by atoms with Crippen LogP contribution in [0, 0.1) is 12.7 Å². The first-order chi connectivity index (χ1) is 11.7. The van der Waals surface area contributed by atoms with Gasteiger partial charge in [0, 0.05) is 23.8 Å². The van der Waals surface area contributed by atoms with Gasteiger partial charge in [0.15, 0.2) is 0 Å². The fourth-order valence-electron chi connectivity index (χ4n) is 2.44. The summed E-state index contributed by atoms with van der Waals surface area (Å²) >= 11 is 1.62. The minimum absolute atomic E-state index is 0.238. The summed E-state index contributed by atoms with van der Waals surface area (Å²) in [4.78, 5) is 11.3. The second-order valence-electron chi connectivity index (χ2n) is 5.38. The molecule has 0 aliphatic heterocycles. The topological polar surface area (TPSA) is 55.6 Å². The Hall–Kier alpha value is -2.80. The summed E-state index contributed by atoms with van der Waals surface area (Å²) in [6, 6.07) is 10.3. The van der Waals surface area contributed by atoms with Crippen LogP contribution >= 0.6 is 11.3 Å². The van der Waals surface area contributed by atoms with E-state index in [1.807, 2.05) is 19.2 Å². The lowest BCUT2D eigenvalue weighted by Crippen LogP contribution is -2.07. The average Bonchev–Trinajstić information content (AvgIpc) is 3.22. The number of rotatable bonds is 4. The molecule has 4 aromatic rings. The molecule has 1 N–H and O–H groups in total. The highest BCUT2D eigenvalue weighted by molar-refractivity contribution is 7.18. The van der Waals surface area contributed by atoms with E-state index < -0.39 is 0 Å². The van der Waals surface area contributed by atoms with E-state index in [9.17, 15) is 4.39 Å². The third-order valence-corrected chi connectivity index (χ3v) is 4.53. The number of anilines is 1. The second kappa shape index (κ2) is 6.01. The van der Waals surface area contributed by atoms with Gasteiger partial charge < -0.3 is 5.32 Å². The lowest BCUT2D eigenvalue weighted by Gasteiger charge is -2.09. The Balaban J connectivity index is 1.71. The fourth-order valence-corrected chi connectivity index (χ4v) is 3.32. The Morgan fingerprint density at radius 3 is 2.79 bits per heavy atom. The van der Waals surface area contributed by atoms with Crippen molar-refractivity contribution >= 4 is 27.4 Å². The summed E-state index contributed by atoms with van der Waals surface area (Å²) in [7, 11) is 0. The molecule has 0 aliphatic carbocycles. The van der Waals surface area contributed by atoms with Gasteiger partial charge in [0.25, 0.3) is 5.95 Å². The van der Waals surface area contributed by atoms with Crippen LogP contribution in [0.1, 0.15) is 10.4 Å². The highest BCUT2D eigenvalue weighted by Gasteiger charge is 2.12. The zero-order valence-electron chi connectivity index (χ0n) is 12.9. The quantitative estimate of drug-likeness (QED) is 0.612. The minimum atomic E-state index is -0.238. The maximum Gasteiger partial charge on any atom is 0.253 e. The Morgan fingerprint density at radius 1 is 1.21 bits per heavy atom. The van der Waals surface area contributed by atoms with E-state index in [1.54, 1.807) is 34.3 Å². The van der Waals surface area contributed by atoms with Crippen molar-refractivity contribution in [3.05, 3.63) is 65.0 Å². The molecular weight excluding hydrogens is 325 g/mol. The van der Waals surface area contributed by atoms with Crippen LogP contribution in [-0.4, -0.2) is 19.7 Å². The van der Waals surface area contributed by atoms with Crippen LogP contribution in [0.3, 0.4) is 0 Å². The fraction of sp³-hybridized carbons (Fsp3) is 0.118. The molecular formula is C17H14FN5S. The Labute approximate surface area is 141 Å². The lowest BCUT2D eigenvalue weighted by molar-refractivity contribution is 0.627. The maximum absolute atomic E-state index is 13.0. The number of aryl methyl sites for hydroxylation is 1. The molecule has 5 nitrogen and oxygen atoms in total. The monoisotopic (exact) mass is 339 g/mol. The average molecular weight is 339 g/mol. The first-order valence-electron chi connectivity index (χ1n) is 7.45. The van der Waals surface area contributed by atoms with Crippen LogP contribution in [0.5, 0.6) is 0 Å². The number of nitrogens with zero attached hydrogens (tertiary/aromatic N) is 4. The highest BCUT2D eigenvalue weighted by Crippen LogP contribution is 2.29. The minimum Gasteiger partial charge on any atom is -0.365 e. The Morgan fingerprint density at radius 2 is 2.04 bits per heavy atom. The third-order valence-electron chi connectivity index (χ3n) is 3.59. The van der Waals surface area contributed by atoms with E-state index in [1.165, 1.54) is 17.0 Å². The first kappa shape index (κ1) is 14.8. The van der Waals surface area contributed by atoms with Gasteiger partial charge in [-0.3, -0.25) is 0 Å². The predicted octanol–water partition coefficient (Wildman–Crippen LogP) is 3.94. The zero-order chi connectivity index (χ0) is 16.5. The molecule has 0 saturated carbocycles. The normalized spacial score (nSPS) is 11.1. The molecule has 7 heteroatoms. The summed E-state index contributed by atoms with van der Waals surface area (Å²) in [6.07, 6.45) is 3.50. The second-order valence-corrected chi connectivity index (χ2v) is 6.61. The number of fused-ring (bicyclic) bond motifs is 1. The summed E-state index contributed by atoms with van der Waals surface area (Å²) in [5.74, 6) is 1.03. The smallest absolute Gasteiger partial charge is 0.253 e. The van der Waals surface area contributed by atoms with Gasteiger partial charge in [-0.05, 0) is 36.8 Å². The van der Waals surface area contributed by atoms with E-state index in [0.717, 1.165) is 21.6 Å². The van der Waals surface area contributed by atoms with Crippen LogP contribution in [0.15, 0.2) is 48.8 Å². The van der Waals surface area contributed by atoms with E-state index in [2.05, 4.69) is 26.4 Å². The summed E-state index contributed by atoms with van der Waals surface area (Å²) in [5, 5.41) is 8.51. The van der Waals surface area contributed by atoms with Crippen molar-refractivity contribution < 1.29 is 4.39 Å². The van der Waals surface area contributed by atoms with E-state index >= 15 is 0 Å². The molecule has 0 fully saturated rings. The summed E-state index contributed by atoms with van der Waals surface area (Å²) in [5.41, 5.74) is 0.982. The molecule has 0 unspecified atom stereocenters. The van der Waals surface area contributed by atoms with Crippen molar-refractivity contribution in [2.45, 2.75) is 13.5 Å². The van der Waals surface area contributed by atoms with Gasteiger partial charge in [0.1, 0.15) is 16.5 Å². The molecule has 0 saturated heterocycles. The van der Waals surface area contributed by atoms with E-state index in [4.69, 9.17) is 0 Å². The van der Waals surface area contributed by atoms with E-state index in [0.29, 0.717) is 12.5 Å². The molecule has 0 spiro atoms. The molecule has 1 aromatic carbocycles. The zero-order valence-corrected chi connectivity index (χ0v) is 13.7. The molecule has 3 heterocycles. The van der Waals surface area contributed by atoms with Crippen molar-refractivity contribution in [1.82, 2.24) is 19.7 Å². The number of halogens is 1. The van der Waals surface area contributed by atoms with Gasteiger partial charge in [-0.1, -0.05) is 12.1 Å². The van der Waals surface area contributed by atoms with Crippen LogP contribution in [-0.2, 0) is 6.54 Å². The van der Waals surface area contributed by atoms with Gasteiger partial charge in [-0.25, -0.2) is 9.07 Å². The number of nitrogens with one attached hydrogen (secondary N) is 1. The Kier molecular flexibility index (Phi) is 3.70. The molecule has 120 valence electrons. The van der Waals surface area contributed by atoms with Crippen LogP contribution in [0.25, 0.3) is 16.2 Å². The summed E-state index contributed by atoms with van der Waals surface area (Å²) < 4.78 is 14.7. The highest BCUT2D eigenvalue weighted by atomic mass is 32.1. The van der Waals surface area contributed by atoms with Gasteiger partial charge in [0.05, 0.1) is 5.39 Å². The van der Waals surface area contributed by atoms with Crippen molar-refractivity contribution in [3.8, 4) is 5.95 Å². The number of thiophene rings is 1. The number of benzene rings is 1. The molecule has 0 radical (unpaired) electrons. The first-order valence-corrected chi connectivity index (χ1v) is 8.27. The lowest BCUT2D eigenvalue weighted by atomic mass is 10.2. The van der Waals surface area contributed by atoms with Gasteiger partial charge >= 0.3 is 0 Å². The van der Waals surface area contributed by atoms with Gasteiger partial charge in [-0.2, -0.15) is 15.1 Å². The summed E-state index contributed by atoms with van der Waals surface area (Å²) in [6.45, 7) is 2.60. The molecule has 4 rings (SSSR count). The SMILES string of the molecule is Cc1cc2c(NCc3ccc(F)cc3)nc(-n3cccn3)nc2s1. The molecule has 3 aromatic heterocycles. The number of aromatic nitrogens is 4. The van der Waals surface area contributed by atoms with Crippen LogP contribution < -0.4 is 5.32 Å². The van der Waals surface area contributed by atoms with Gasteiger partial charge in [0.2, 0.25) is 0 Å². The molecule has 0 amide bonds. The molecule has 0 atom stereocenters. The largest absolute Gasteiger partial charge is 0.365 e. The molecule has 0 bridgehead atoms. The van der Waals surface area contributed by atoms with Crippen molar-refractivity contribution in [2.75, 3.05) is 5.32 Å². The van der Waals surface area contributed by atoms with Crippen molar-refractivity contribution in [2.24, 2.45) is 0 Å².